The number of hydrogen-bond acceptors (Lipinski definition) is 6. The van der Waals surface area contributed by atoms with Gasteiger partial charge in [-0.3, -0.25) is 4.79 Å². The lowest BCUT2D eigenvalue weighted by Gasteiger charge is -2.33. The molecule has 1 fully saturated rings. The third kappa shape index (κ3) is 6.27. The zero-order valence-electron chi connectivity index (χ0n) is 16.6. The van der Waals surface area contributed by atoms with Gasteiger partial charge in [0.05, 0.1) is 23.1 Å². The summed E-state index contributed by atoms with van der Waals surface area (Å²) in [5, 5.41) is 11.6. The topological polar surface area (TPSA) is 96.8 Å². The van der Waals surface area contributed by atoms with Crippen molar-refractivity contribution in [3.8, 4) is 6.07 Å². The molecule has 0 saturated carbocycles. The van der Waals surface area contributed by atoms with E-state index in [4.69, 9.17) is 5.26 Å². The Morgan fingerprint density at radius 2 is 1.79 bits per heavy atom. The van der Waals surface area contributed by atoms with Crippen LogP contribution in [0.25, 0.3) is 0 Å². The molecule has 8 nitrogen and oxygen atoms in total. The maximum atomic E-state index is 12.5. The molecule has 28 heavy (non-hydrogen) atoms. The van der Waals surface area contributed by atoms with Crippen LogP contribution < -0.4 is 5.32 Å². The van der Waals surface area contributed by atoms with Crippen LogP contribution in [-0.4, -0.2) is 87.8 Å². The fraction of sp³-hybridized carbons (Fsp3) is 0.579. The van der Waals surface area contributed by atoms with E-state index < -0.39 is 10.0 Å². The number of benzene rings is 1. The maximum absolute atomic E-state index is 12.5. The van der Waals surface area contributed by atoms with Crippen LogP contribution in [0.5, 0.6) is 0 Å². The first-order chi connectivity index (χ1) is 13.4. The van der Waals surface area contributed by atoms with E-state index in [2.05, 4.69) is 22.0 Å². The smallest absolute Gasteiger partial charge is 0.243 e. The summed E-state index contributed by atoms with van der Waals surface area (Å²) in [7, 11) is -2.39. The number of rotatable bonds is 9. The molecule has 1 N–H and O–H groups in total. The first-order valence-electron chi connectivity index (χ1n) is 9.54. The summed E-state index contributed by atoms with van der Waals surface area (Å²) in [5.74, 6) is -0.324. The van der Waals surface area contributed by atoms with Crippen molar-refractivity contribution >= 4 is 15.9 Å². The molecule has 0 spiro atoms. The minimum absolute atomic E-state index is 0.0630. The number of nitrogens with one attached hydrogen (secondary N) is 1. The van der Waals surface area contributed by atoms with Crippen LogP contribution in [0.4, 0.5) is 0 Å². The van der Waals surface area contributed by atoms with Crippen molar-refractivity contribution < 1.29 is 13.2 Å². The number of nitrogens with zero attached hydrogens (tertiary/aromatic N) is 4. The molecular formula is C19H29N5O3S. The number of carbonyl (C=O) groups excluding carboxylic acids is 1. The van der Waals surface area contributed by atoms with Crippen molar-refractivity contribution in [2.75, 3.05) is 59.4 Å². The Kier molecular flexibility index (Phi) is 8.38. The van der Waals surface area contributed by atoms with E-state index in [-0.39, 0.29) is 17.3 Å². The van der Waals surface area contributed by atoms with Gasteiger partial charge in [0.2, 0.25) is 15.9 Å². The molecule has 1 saturated heterocycles. The predicted molar refractivity (Wildman–Crippen MR) is 107 cm³/mol. The monoisotopic (exact) mass is 407 g/mol. The lowest BCUT2D eigenvalue weighted by Crippen LogP contribution is -2.46. The van der Waals surface area contributed by atoms with Crippen molar-refractivity contribution in [1.29, 1.82) is 5.26 Å². The number of carbonyl (C=O) groups is 1. The number of likely N-dealkylation sites (N-methyl/N-ethyl adjacent to an activating group) is 2. The molecule has 0 atom stereocenters. The quantitative estimate of drug-likeness (QED) is 0.593. The molecule has 2 rings (SSSR count). The Hall–Kier alpha value is -1.99. The van der Waals surface area contributed by atoms with E-state index >= 15 is 0 Å². The van der Waals surface area contributed by atoms with Crippen LogP contribution in [0.3, 0.4) is 0 Å². The summed E-state index contributed by atoms with van der Waals surface area (Å²) in [6, 6.07) is 7.59. The molecule has 0 radical (unpaired) electrons. The van der Waals surface area contributed by atoms with Crippen molar-refractivity contribution in [3.63, 3.8) is 0 Å². The van der Waals surface area contributed by atoms with Gasteiger partial charge in [0.25, 0.3) is 0 Å². The zero-order chi connectivity index (χ0) is 20.6. The molecule has 0 aromatic heterocycles. The van der Waals surface area contributed by atoms with Gasteiger partial charge in [0.1, 0.15) is 0 Å². The van der Waals surface area contributed by atoms with Crippen molar-refractivity contribution in [2.24, 2.45) is 0 Å². The molecule has 0 bridgehead atoms. The Morgan fingerprint density at radius 3 is 2.36 bits per heavy atom. The van der Waals surface area contributed by atoms with Gasteiger partial charge >= 0.3 is 0 Å². The number of piperazine rings is 1. The van der Waals surface area contributed by atoms with E-state index in [0.29, 0.717) is 12.1 Å². The second-order valence-electron chi connectivity index (χ2n) is 6.88. The third-order valence-corrected chi connectivity index (χ3v) is 6.76. The average molecular weight is 408 g/mol. The summed E-state index contributed by atoms with van der Waals surface area (Å²) < 4.78 is 26.0. The largest absolute Gasteiger partial charge is 0.355 e. The van der Waals surface area contributed by atoms with E-state index in [1.165, 1.54) is 31.3 Å². The highest BCUT2D eigenvalue weighted by atomic mass is 32.2. The van der Waals surface area contributed by atoms with Gasteiger partial charge in [-0.2, -0.15) is 9.57 Å². The number of amides is 1. The molecule has 1 heterocycles. The Labute approximate surface area is 167 Å². The highest BCUT2D eigenvalue weighted by Gasteiger charge is 2.23. The predicted octanol–water partition coefficient (Wildman–Crippen LogP) is 0.323. The van der Waals surface area contributed by atoms with Gasteiger partial charge in [0.15, 0.2) is 0 Å². The SMILES string of the molecule is CCN1CCN(CCCNC(=O)CN(C)S(=O)(=O)c2ccc(C#N)cc2)CC1. The standard InChI is InChI=1S/C19H29N5O3S/c1-3-23-11-13-24(14-12-23)10-4-9-21-19(25)16-22(2)28(26,27)18-7-5-17(15-20)6-8-18/h5-8H,3-4,9-14,16H2,1-2H3,(H,21,25). The van der Waals surface area contributed by atoms with Crippen molar-refractivity contribution in [3.05, 3.63) is 29.8 Å². The molecular weight excluding hydrogens is 378 g/mol. The van der Waals surface area contributed by atoms with Crippen LogP contribution in [-0.2, 0) is 14.8 Å². The summed E-state index contributed by atoms with van der Waals surface area (Å²) in [5.41, 5.74) is 0.385. The summed E-state index contributed by atoms with van der Waals surface area (Å²) >= 11 is 0. The third-order valence-electron chi connectivity index (χ3n) is 4.94. The average Bonchev–Trinajstić information content (AvgIpc) is 2.71. The number of nitriles is 1. The van der Waals surface area contributed by atoms with Gasteiger partial charge in [-0.15, -0.1) is 0 Å². The van der Waals surface area contributed by atoms with Gasteiger partial charge in [-0.1, -0.05) is 6.92 Å². The van der Waals surface area contributed by atoms with E-state index in [9.17, 15) is 13.2 Å². The van der Waals surface area contributed by atoms with Gasteiger partial charge < -0.3 is 15.1 Å². The minimum Gasteiger partial charge on any atom is -0.355 e. The van der Waals surface area contributed by atoms with Gasteiger partial charge in [-0.25, -0.2) is 8.42 Å². The molecule has 1 aliphatic heterocycles. The zero-order valence-corrected chi connectivity index (χ0v) is 17.4. The molecule has 9 heteroatoms. The van der Waals surface area contributed by atoms with Crippen molar-refractivity contribution in [1.82, 2.24) is 19.4 Å². The summed E-state index contributed by atoms with van der Waals surface area (Å²) in [4.78, 5) is 17.0. The van der Waals surface area contributed by atoms with Crippen LogP contribution in [0.2, 0.25) is 0 Å². The van der Waals surface area contributed by atoms with Crippen molar-refractivity contribution in [2.45, 2.75) is 18.2 Å². The minimum atomic E-state index is -3.76. The Morgan fingerprint density at radius 1 is 1.18 bits per heavy atom. The Bertz CT molecular complexity index is 781. The Balaban J connectivity index is 1.72. The number of sulfonamides is 1. The first-order valence-corrected chi connectivity index (χ1v) is 11.0. The fourth-order valence-electron chi connectivity index (χ4n) is 3.08. The van der Waals surface area contributed by atoms with E-state index in [1.54, 1.807) is 0 Å². The second-order valence-corrected chi connectivity index (χ2v) is 8.92. The van der Waals surface area contributed by atoms with Crippen LogP contribution in [0.15, 0.2) is 29.2 Å². The highest BCUT2D eigenvalue weighted by molar-refractivity contribution is 7.89. The first kappa shape index (κ1) is 22.3. The molecule has 0 aliphatic carbocycles. The number of hydrogen-bond donors (Lipinski definition) is 1. The molecule has 154 valence electrons. The highest BCUT2D eigenvalue weighted by Crippen LogP contribution is 2.14. The lowest BCUT2D eigenvalue weighted by molar-refractivity contribution is -0.121. The van der Waals surface area contributed by atoms with Crippen LogP contribution >= 0.6 is 0 Å². The summed E-state index contributed by atoms with van der Waals surface area (Å²) in [6.45, 7) is 8.74. The maximum Gasteiger partial charge on any atom is 0.243 e. The second kappa shape index (κ2) is 10.5. The molecule has 1 amide bonds. The lowest BCUT2D eigenvalue weighted by atomic mass is 10.2. The normalized spacial score (nSPS) is 16.1. The molecule has 0 unspecified atom stereocenters. The fourth-order valence-corrected chi connectivity index (χ4v) is 4.21. The van der Waals surface area contributed by atoms with Crippen LogP contribution in [0.1, 0.15) is 18.9 Å². The molecule has 1 aromatic rings. The van der Waals surface area contributed by atoms with Gasteiger partial charge in [0, 0.05) is 39.8 Å². The molecule has 1 aromatic carbocycles. The van der Waals surface area contributed by atoms with Crippen LogP contribution in [0, 0.1) is 11.3 Å². The summed E-state index contributed by atoms with van der Waals surface area (Å²) in [6.07, 6.45) is 0.837. The van der Waals surface area contributed by atoms with E-state index in [1.807, 2.05) is 6.07 Å². The van der Waals surface area contributed by atoms with Gasteiger partial charge in [-0.05, 0) is 43.8 Å². The van der Waals surface area contributed by atoms with E-state index in [0.717, 1.165) is 50.0 Å². The molecule has 1 aliphatic rings.